The predicted octanol–water partition coefficient (Wildman–Crippen LogP) is 10.4. The van der Waals surface area contributed by atoms with E-state index < -0.39 is 34.3 Å². The second-order valence-electron chi connectivity index (χ2n) is 10.7. The number of rotatable bonds is 26. The summed E-state index contributed by atoms with van der Waals surface area (Å²) in [6, 6.07) is 0. The average molecular weight is 587 g/mol. The van der Waals surface area contributed by atoms with Gasteiger partial charge in [-0.05, 0) is 45.4 Å². The topological polar surface area (TPSA) is 78.9 Å². The molecule has 6 nitrogen and oxygen atoms in total. The molecule has 0 bridgehead atoms. The van der Waals surface area contributed by atoms with Gasteiger partial charge in [0.2, 0.25) is 22.1 Å². The minimum Gasteiger partial charge on any atom is -0.326 e. The Morgan fingerprint density at radius 2 is 0.784 bits per heavy atom. The fourth-order valence-electron chi connectivity index (χ4n) is 4.15. The first-order valence-corrected chi connectivity index (χ1v) is 21.3. The number of unbranched alkanes of at least 4 members (excludes halogenated alkanes) is 6. The van der Waals surface area contributed by atoms with Crippen LogP contribution in [0, 0.1) is 0 Å². The summed E-state index contributed by atoms with van der Waals surface area (Å²) in [6.45, 7) is 14.5. The molecule has 0 fully saturated rings. The zero-order valence-corrected chi connectivity index (χ0v) is 28.1. The second kappa shape index (κ2) is 21.3. The van der Waals surface area contributed by atoms with E-state index >= 15 is 0 Å². The summed E-state index contributed by atoms with van der Waals surface area (Å²) < 4.78 is 60.4. The van der Waals surface area contributed by atoms with Crippen molar-refractivity contribution < 1.29 is 27.3 Å². The molecule has 0 aliphatic rings. The van der Waals surface area contributed by atoms with Crippen LogP contribution in [-0.4, -0.2) is 55.8 Å². The maximum atomic E-state index is 14.0. The maximum Gasteiger partial charge on any atom is 0.203 e. The van der Waals surface area contributed by atoms with Crippen LogP contribution in [0.5, 0.6) is 0 Å². The minimum absolute atomic E-state index is 0.0651. The Bertz CT molecular complexity index is 663. The lowest BCUT2D eigenvalue weighted by molar-refractivity contribution is 0.0356. The van der Waals surface area contributed by atoms with Gasteiger partial charge in [-0.25, -0.2) is 0 Å². The van der Waals surface area contributed by atoms with Gasteiger partial charge in [-0.1, -0.05) is 80.1 Å². The van der Waals surface area contributed by atoms with Gasteiger partial charge >= 0.3 is 0 Å². The van der Waals surface area contributed by atoms with Crippen LogP contribution in [-0.2, 0) is 27.3 Å². The normalized spacial score (nSPS) is 14.7. The van der Waals surface area contributed by atoms with Crippen LogP contribution in [0.1, 0.15) is 126 Å². The maximum absolute atomic E-state index is 14.0. The molecule has 9 heteroatoms. The van der Waals surface area contributed by atoms with Crippen LogP contribution in [0.25, 0.3) is 0 Å². The summed E-state index contributed by atoms with van der Waals surface area (Å²) in [5, 5.41) is 0. The van der Waals surface area contributed by atoms with E-state index in [-0.39, 0.29) is 6.61 Å². The molecule has 0 aromatic carbocycles. The summed E-state index contributed by atoms with van der Waals surface area (Å²) in [7, 11) is -8.63. The molecule has 224 valence electrons. The molecule has 0 aromatic rings. The quantitative estimate of drug-likeness (QED) is 0.0938. The molecule has 0 heterocycles. The summed E-state index contributed by atoms with van der Waals surface area (Å²) >= 11 is 0. The summed E-state index contributed by atoms with van der Waals surface area (Å²) in [6.07, 6.45) is 12.9. The van der Waals surface area contributed by atoms with E-state index in [9.17, 15) is 13.7 Å². The third-order valence-corrected chi connectivity index (χ3v) is 14.8. The van der Waals surface area contributed by atoms with E-state index in [1.54, 1.807) is 0 Å². The van der Waals surface area contributed by atoms with Crippen molar-refractivity contribution in [3.8, 4) is 0 Å². The smallest absolute Gasteiger partial charge is 0.203 e. The lowest BCUT2D eigenvalue weighted by Gasteiger charge is -2.32. The standard InChI is InChI=1S/C28H61O6P3/c1-8-14-20-35(29,21-15-9-2)32-26-28(34-37(31,24-18-12-5)25-19-13-6)27(7)33-36(30,22-16-10-3)23-17-11-4/h27-28H,8-26H2,1-7H3. The molecule has 0 spiro atoms. The zero-order valence-electron chi connectivity index (χ0n) is 25.4. The molecule has 2 unspecified atom stereocenters. The van der Waals surface area contributed by atoms with Gasteiger partial charge in [-0.3, -0.25) is 13.7 Å². The van der Waals surface area contributed by atoms with Crippen molar-refractivity contribution in [2.75, 3.05) is 43.6 Å². The van der Waals surface area contributed by atoms with Gasteiger partial charge < -0.3 is 13.6 Å². The molecule has 0 saturated carbocycles. The highest BCUT2D eigenvalue weighted by Crippen LogP contribution is 2.55. The van der Waals surface area contributed by atoms with Crippen molar-refractivity contribution >= 4 is 22.1 Å². The number of hydrogen-bond acceptors (Lipinski definition) is 6. The van der Waals surface area contributed by atoms with Crippen LogP contribution >= 0.6 is 22.1 Å². The highest BCUT2D eigenvalue weighted by Gasteiger charge is 2.36. The molecular weight excluding hydrogens is 525 g/mol. The zero-order chi connectivity index (χ0) is 28.2. The predicted molar refractivity (Wildman–Crippen MR) is 163 cm³/mol. The van der Waals surface area contributed by atoms with Gasteiger partial charge in [0.1, 0.15) is 6.10 Å². The van der Waals surface area contributed by atoms with Crippen LogP contribution in [0.4, 0.5) is 0 Å². The third kappa shape index (κ3) is 17.1. The molecule has 0 aromatic heterocycles. The molecular formula is C28H61O6P3. The Kier molecular flexibility index (Phi) is 21.7. The molecule has 0 rings (SSSR count). The highest BCUT2D eigenvalue weighted by molar-refractivity contribution is 7.59. The molecule has 0 aliphatic carbocycles. The summed E-state index contributed by atoms with van der Waals surface area (Å²) in [4.78, 5) is 0. The minimum atomic E-state index is -2.93. The SMILES string of the molecule is CCCCP(=O)(CCCC)OCC(OP(=O)(CCCC)CCCC)C(C)OP(=O)(CCCC)CCCC. The fourth-order valence-corrected chi connectivity index (χ4v) is 12.2. The van der Waals surface area contributed by atoms with E-state index in [0.29, 0.717) is 37.0 Å². The van der Waals surface area contributed by atoms with Gasteiger partial charge in [-0.15, -0.1) is 0 Å². The second-order valence-corrected chi connectivity index (χ2v) is 18.9. The van der Waals surface area contributed by atoms with Crippen molar-refractivity contribution in [3.63, 3.8) is 0 Å². The highest BCUT2D eigenvalue weighted by atomic mass is 31.2. The largest absolute Gasteiger partial charge is 0.326 e. The van der Waals surface area contributed by atoms with Crippen LogP contribution in [0.15, 0.2) is 0 Å². The lowest BCUT2D eigenvalue weighted by atomic mass is 10.2. The van der Waals surface area contributed by atoms with Crippen molar-refractivity contribution in [1.29, 1.82) is 0 Å². The van der Waals surface area contributed by atoms with Crippen LogP contribution in [0.2, 0.25) is 0 Å². The van der Waals surface area contributed by atoms with E-state index in [1.807, 2.05) is 6.92 Å². The monoisotopic (exact) mass is 586 g/mol. The van der Waals surface area contributed by atoms with E-state index in [2.05, 4.69) is 41.5 Å². The molecule has 0 saturated heterocycles. The van der Waals surface area contributed by atoms with Crippen molar-refractivity contribution in [2.24, 2.45) is 0 Å². The van der Waals surface area contributed by atoms with Gasteiger partial charge in [0.15, 0.2) is 0 Å². The van der Waals surface area contributed by atoms with Gasteiger partial charge in [0.25, 0.3) is 0 Å². The Hall–Kier alpha value is 0.570. The van der Waals surface area contributed by atoms with Gasteiger partial charge in [0.05, 0.1) is 12.7 Å². The Morgan fingerprint density at radius 1 is 0.486 bits per heavy atom. The van der Waals surface area contributed by atoms with E-state index in [4.69, 9.17) is 13.6 Å². The Labute approximate surface area is 230 Å². The fraction of sp³-hybridized carbons (Fsp3) is 1.00. The van der Waals surface area contributed by atoms with Gasteiger partial charge in [-0.2, -0.15) is 0 Å². The summed E-state index contributed by atoms with van der Waals surface area (Å²) in [5.41, 5.74) is 0. The van der Waals surface area contributed by atoms with Crippen molar-refractivity contribution in [3.05, 3.63) is 0 Å². The molecule has 0 aliphatic heterocycles. The third-order valence-electron chi connectivity index (χ3n) is 6.80. The first-order chi connectivity index (χ1) is 17.6. The Morgan fingerprint density at radius 3 is 1.11 bits per heavy atom. The van der Waals surface area contributed by atoms with Crippen LogP contribution in [0.3, 0.4) is 0 Å². The van der Waals surface area contributed by atoms with Gasteiger partial charge in [0, 0.05) is 37.0 Å². The first kappa shape index (κ1) is 37.6. The molecule has 0 radical (unpaired) electrons. The van der Waals surface area contributed by atoms with Crippen LogP contribution < -0.4 is 0 Å². The van der Waals surface area contributed by atoms with Crippen molar-refractivity contribution in [1.82, 2.24) is 0 Å². The summed E-state index contributed by atoms with van der Waals surface area (Å²) in [5.74, 6) is 0. The molecule has 0 amide bonds. The first-order valence-electron chi connectivity index (χ1n) is 15.3. The molecule has 37 heavy (non-hydrogen) atoms. The molecule has 2 atom stereocenters. The lowest BCUT2D eigenvalue weighted by Crippen LogP contribution is -2.33. The molecule has 0 N–H and O–H groups in total. The van der Waals surface area contributed by atoms with Crippen molar-refractivity contribution in [2.45, 2.75) is 138 Å². The average Bonchev–Trinajstić information content (AvgIpc) is 2.88. The number of hydrogen-bond donors (Lipinski definition) is 0. The Balaban J connectivity index is 5.96. The van der Waals surface area contributed by atoms with E-state index in [0.717, 1.165) is 77.0 Å². The van der Waals surface area contributed by atoms with E-state index in [1.165, 1.54) is 0 Å².